The molecule has 4 heteroatoms. The summed E-state index contributed by atoms with van der Waals surface area (Å²) >= 11 is 0. The van der Waals surface area contributed by atoms with Crippen LogP contribution in [-0.2, 0) is 9.47 Å². The van der Waals surface area contributed by atoms with Gasteiger partial charge in [-0.3, -0.25) is 0 Å². The molecule has 2 N–H and O–H groups in total. The van der Waals surface area contributed by atoms with Gasteiger partial charge in [0.25, 0.3) is 0 Å². The molecule has 0 amide bonds. The van der Waals surface area contributed by atoms with E-state index in [0.717, 1.165) is 6.54 Å². The minimum atomic E-state index is -0.430. The van der Waals surface area contributed by atoms with E-state index in [4.69, 9.17) is 9.47 Å². The van der Waals surface area contributed by atoms with Crippen molar-refractivity contribution in [1.82, 2.24) is 5.32 Å². The smallest absolute Gasteiger partial charge is 0.0897 e. The predicted molar refractivity (Wildman–Crippen MR) is 70.3 cm³/mol. The average Bonchev–Trinajstić information content (AvgIpc) is 2.31. The fraction of sp³-hybridized carbons (Fsp3) is 1.00. The van der Waals surface area contributed by atoms with Crippen molar-refractivity contribution in [2.75, 3.05) is 33.4 Å². The fourth-order valence-corrected chi connectivity index (χ4v) is 1.56. The van der Waals surface area contributed by atoms with Gasteiger partial charge in [-0.1, -0.05) is 26.2 Å². The maximum atomic E-state index is 9.64. The standard InChI is InChI=1S/C13H29NO3/c1-4-5-6-7-8-14-9-13(15)11-17-12(2)10-16-3/h12-15H,4-11H2,1-3H3. The Hall–Kier alpha value is -0.160. The van der Waals surface area contributed by atoms with E-state index in [9.17, 15) is 5.11 Å². The number of nitrogens with one attached hydrogen (secondary N) is 1. The molecule has 0 saturated heterocycles. The van der Waals surface area contributed by atoms with E-state index < -0.39 is 6.10 Å². The monoisotopic (exact) mass is 247 g/mol. The van der Waals surface area contributed by atoms with Crippen LogP contribution in [0.25, 0.3) is 0 Å². The Labute approximate surface area is 106 Å². The number of hydrogen-bond acceptors (Lipinski definition) is 4. The highest BCUT2D eigenvalue weighted by Crippen LogP contribution is 1.97. The van der Waals surface area contributed by atoms with Crippen LogP contribution in [0, 0.1) is 0 Å². The number of methoxy groups -OCH3 is 1. The van der Waals surface area contributed by atoms with Gasteiger partial charge in [-0.2, -0.15) is 0 Å². The maximum Gasteiger partial charge on any atom is 0.0897 e. The largest absolute Gasteiger partial charge is 0.389 e. The summed E-state index contributed by atoms with van der Waals surface area (Å²) in [6.07, 6.45) is 4.61. The lowest BCUT2D eigenvalue weighted by atomic mass is 10.2. The minimum absolute atomic E-state index is 0.0409. The predicted octanol–water partition coefficient (Wildman–Crippen LogP) is 1.57. The van der Waals surface area contributed by atoms with E-state index in [1.54, 1.807) is 7.11 Å². The number of unbranched alkanes of at least 4 members (excludes halogenated alkanes) is 3. The van der Waals surface area contributed by atoms with Gasteiger partial charge in [-0.05, 0) is 19.9 Å². The van der Waals surface area contributed by atoms with Gasteiger partial charge in [0.2, 0.25) is 0 Å². The van der Waals surface area contributed by atoms with Gasteiger partial charge in [-0.15, -0.1) is 0 Å². The van der Waals surface area contributed by atoms with Crippen LogP contribution < -0.4 is 5.32 Å². The molecule has 2 atom stereocenters. The van der Waals surface area contributed by atoms with Crippen LogP contribution in [0.1, 0.15) is 39.5 Å². The molecule has 104 valence electrons. The Morgan fingerprint density at radius 2 is 1.94 bits per heavy atom. The third-order valence-electron chi connectivity index (χ3n) is 2.56. The van der Waals surface area contributed by atoms with Crippen LogP contribution in [-0.4, -0.2) is 50.7 Å². The lowest BCUT2D eigenvalue weighted by Gasteiger charge is -2.16. The molecule has 0 fully saturated rings. The molecule has 2 unspecified atom stereocenters. The zero-order valence-corrected chi connectivity index (χ0v) is 11.6. The molecule has 0 rings (SSSR count). The summed E-state index contributed by atoms with van der Waals surface area (Å²) in [5.74, 6) is 0. The minimum Gasteiger partial charge on any atom is -0.389 e. The number of aliphatic hydroxyl groups is 1. The molecule has 0 aliphatic heterocycles. The van der Waals surface area contributed by atoms with Crippen LogP contribution in [0.4, 0.5) is 0 Å². The van der Waals surface area contributed by atoms with Crippen LogP contribution in [0.3, 0.4) is 0 Å². The number of ether oxygens (including phenoxy) is 2. The zero-order valence-electron chi connectivity index (χ0n) is 11.6. The van der Waals surface area contributed by atoms with Crippen molar-refractivity contribution < 1.29 is 14.6 Å². The summed E-state index contributed by atoms with van der Waals surface area (Å²) in [5.41, 5.74) is 0. The molecule has 0 aromatic heterocycles. The van der Waals surface area contributed by atoms with Crippen LogP contribution in [0.5, 0.6) is 0 Å². The van der Waals surface area contributed by atoms with Crippen molar-refractivity contribution in [2.24, 2.45) is 0 Å². The molecule has 0 aliphatic rings. The first kappa shape index (κ1) is 16.8. The van der Waals surface area contributed by atoms with Gasteiger partial charge >= 0.3 is 0 Å². The Morgan fingerprint density at radius 1 is 1.18 bits per heavy atom. The second-order valence-electron chi connectivity index (χ2n) is 4.52. The first-order valence-corrected chi connectivity index (χ1v) is 6.70. The van der Waals surface area contributed by atoms with Gasteiger partial charge in [0.1, 0.15) is 0 Å². The molecular weight excluding hydrogens is 218 g/mol. The Bertz CT molecular complexity index is 156. The lowest BCUT2D eigenvalue weighted by molar-refractivity contribution is -0.0310. The maximum absolute atomic E-state index is 9.64. The summed E-state index contributed by atoms with van der Waals surface area (Å²) in [5, 5.41) is 12.9. The van der Waals surface area contributed by atoms with Crippen molar-refractivity contribution in [1.29, 1.82) is 0 Å². The van der Waals surface area contributed by atoms with E-state index in [1.807, 2.05) is 6.92 Å². The quantitative estimate of drug-likeness (QED) is 0.514. The Morgan fingerprint density at radius 3 is 2.59 bits per heavy atom. The lowest BCUT2D eigenvalue weighted by Crippen LogP contribution is -2.32. The van der Waals surface area contributed by atoms with Crippen LogP contribution in [0.15, 0.2) is 0 Å². The Balaban J connectivity index is 3.25. The van der Waals surface area contributed by atoms with E-state index >= 15 is 0 Å². The molecule has 0 aromatic carbocycles. The van der Waals surface area contributed by atoms with Gasteiger partial charge in [-0.25, -0.2) is 0 Å². The average molecular weight is 247 g/mol. The summed E-state index contributed by atoms with van der Waals surface area (Å²) in [6, 6.07) is 0. The highest BCUT2D eigenvalue weighted by molar-refractivity contribution is 4.60. The number of aliphatic hydroxyl groups excluding tert-OH is 1. The molecule has 0 saturated carbocycles. The molecule has 0 heterocycles. The first-order valence-electron chi connectivity index (χ1n) is 6.70. The van der Waals surface area contributed by atoms with Gasteiger partial charge in [0.05, 0.1) is 25.4 Å². The number of hydrogen-bond donors (Lipinski definition) is 2. The third-order valence-corrected chi connectivity index (χ3v) is 2.56. The van der Waals surface area contributed by atoms with E-state index in [1.165, 1.54) is 25.7 Å². The van der Waals surface area contributed by atoms with Crippen molar-refractivity contribution in [3.05, 3.63) is 0 Å². The molecule has 0 spiro atoms. The van der Waals surface area contributed by atoms with Crippen molar-refractivity contribution >= 4 is 0 Å². The third kappa shape index (κ3) is 12.1. The highest BCUT2D eigenvalue weighted by atomic mass is 16.5. The molecule has 0 aromatic rings. The molecule has 4 nitrogen and oxygen atoms in total. The van der Waals surface area contributed by atoms with Crippen molar-refractivity contribution in [2.45, 2.75) is 51.7 Å². The van der Waals surface area contributed by atoms with Crippen molar-refractivity contribution in [3.8, 4) is 0 Å². The molecule has 17 heavy (non-hydrogen) atoms. The highest BCUT2D eigenvalue weighted by Gasteiger charge is 2.07. The van der Waals surface area contributed by atoms with E-state index in [2.05, 4.69) is 12.2 Å². The molecular formula is C13H29NO3. The second-order valence-corrected chi connectivity index (χ2v) is 4.52. The summed E-state index contributed by atoms with van der Waals surface area (Å²) < 4.78 is 10.4. The van der Waals surface area contributed by atoms with Crippen LogP contribution in [0.2, 0.25) is 0 Å². The second kappa shape index (κ2) is 12.3. The first-order chi connectivity index (χ1) is 8.20. The van der Waals surface area contributed by atoms with Gasteiger partial charge in [0, 0.05) is 13.7 Å². The normalized spacial score (nSPS) is 14.8. The van der Waals surface area contributed by atoms with E-state index in [-0.39, 0.29) is 6.10 Å². The number of rotatable bonds is 12. The summed E-state index contributed by atoms with van der Waals surface area (Å²) in [7, 11) is 1.65. The molecule has 0 radical (unpaired) electrons. The summed E-state index contributed by atoms with van der Waals surface area (Å²) in [4.78, 5) is 0. The van der Waals surface area contributed by atoms with Gasteiger partial charge < -0.3 is 19.9 Å². The molecule has 0 aliphatic carbocycles. The van der Waals surface area contributed by atoms with Crippen molar-refractivity contribution in [3.63, 3.8) is 0 Å². The topological polar surface area (TPSA) is 50.7 Å². The Kier molecular flexibility index (Phi) is 12.2. The van der Waals surface area contributed by atoms with Crippen LogP contribution >= 0.6 is 0 Å². The fourth-order valence-electron chi connectivity index (χ4n) is 1.56. The van der Waals surface area contributed by atoms with Gasteiger partial charge in [0.15, 0.2) is 0 Å². The zero-order chi connectivity index (χ0) is 12.9. The van der Waals surface area contributed by atoms with E-state index in [0.29, 0.717) is 19.8 Å². The molecule has 0 bridgehead atoms. The SMILES string of the molecule is CCCCCCNCC(O)COC(C)COC. The summed E-state index contributed by atoms with van der Waals surface area (Å²) in [6.45, 7) is 6.66.